The fourth-order valence-electron chi connectivity index (χ4n) is 2.21. The second kappa shape index (κ2) is 6.84. The average Bonchev–Trinajstić information content (AvgIpc) is 2.70. The Kier molecular flexibility index (Phi) is 5.72. The SMILES string of the molecule is COC[C@@H]1CCCN1/N=C/[C@H](C[N+](=O)[O-])C(C)(C)C. The van der Waals surface area contributed by atoms with E-state index in [1.807, 2.05) is 25.8 Å². The minimum Gasteiger partial charge on any atom is -0.382 e. The van der Waals surface area contributed by atoms with Crippen molar-refractivity contribution in [2.24, 2.45) is 16.4 Å². The molecule has 1 fully saturated rings. The Morgan fingerprint density at radius 1 is 1.58 bits per heavy atom. The molecule has 0 aliphatic carbocycles. The summed E-state index contributed by atoms with van der Waals surface area (Å²) >= 11 is 0. The topological polar surface area (TPSA) is 68.0 Å². The first-order chi connectivity index (χ1) is 8.84. The van der Waals surface area contributed by atoms with Crippen LogP contribution in [0, 0.1) is 21.4 Å². The molecule has 110 valence electrons. The Morgan fingerprint density at radius 2 is 2.26 bits per heavy atom. The van der Waals surface area contributed by atoms with Gasteiger partial charge < -0.3 is 4.74 Å². The van der Waals surface area contributed by atoms with E-state index in [0.717, 1.165) is 19.4 Å². The molecule has 1 rings (SSSR count). The van der Waals surface area contributed by atoms with E-state index in [1.165, 1.54) is 0 Å². The third kappa shape index (κ3) is 5.14. The number of nitro groups is 1. The van der Waals surface area contributed by atoms with Gasteiger partial charge in [0.15, 0.2) is 0 Å². The maximum Gasteiger partial charge on any atom is 0.212 e. The molecule has 0 saturated carbocycles. The smallest absolute Gasteiger partial charge is 0.212 e. The molecule has 0 spiro atoms. The summed E-state index contributed by atoms with van der Waals surface area (Å²) < 4.78 is 5.17. The fourth-order valence-corrected chi connectivity index (χ4v) is 2.21. The maximum absolute atomic E-state index is 10.7. The molecule has 2 atom stereocenters. The van der Waals surface area contributed by atoms with Crippen LogP contribution in [-0.2, 0) is 4.74 Å². The van der Waals surface area contributed by atoms with Crippen LogP contribution in [0.5, 0.6) is 0 Å². The molecule has 19 heavy (non-hydrogen) atoms. The Bertz CT molecular complexity index is 326. The number of ether oxygens (including phenoxy) is 1. The van der Waals surface area contributed by atoms with E-state index >= 15 is 0 Å². The zero-order chi connectivity index (χ0) is 14.5. The lowest BCUT2D eigenvalue weighted by Gasteiger charge is -2.26. The molecule has 0 amide bonds. The van der Waals surface area contributed by atoms with E-state index in [9.17, 15) is 10.1 Å². The van der Waals surface area contributed by atoms with Gasteiger partial charge in [0.25, 0.3) is 0 Å². The highest BCUT2D eigenvalue weighted by Crippen LogP contribution is 2.25. The Balaban J connectivity index is 2.67. The molecule has 0 radical (unpaired) electrons. The molecule has 0 aromatic rings. The van der Waals surface area contributed by atoms with Crippen molar-refractivity contribution in [3.63, 3.8) is 0 Å². The first kappa shape index (κ1) is 15.9. The van der Waals surface area contributed by atoms with Crippen molar-refractivity contribution in [3.8, 4) is 0 Å². The summed E-state index contributed by atoms with van der Waals surface area (Å²) in [5.74, 6) is -0.161. The van der Waals surface area contributed by atoms with E-state index < -0.39 is 0 Å². The first-order valence-corrected chi connectivity index (χ1v) is 6.76. The van der Waals surface area contributed by atoms with Gasteiger partial charge in [0.2, 0.25) is 6.54 Å². The van der Waals surface area contributed by atoms with Crippen LogP contribution in [0.15, 0.2) is 5.10 Å². The zero-order valence-corrected chi connectivity index (χ0v) is 12.3. The molecule has 6 heteroatoms. The quantitative estimate of drug-likeness (QED) is 0.421. The number of hydrogen-bond donors (Lipinski definition) is 0. The zero-order valence-electron chi connectivity index (χ0n) is 12.3. The number of hydrogen-bond acceptors (Lipinski definition) is 5. The largest absolute Gasteiger partial charge is 0.382 e. The highest BCUT2D eigenvalue weighted by Gasteiger charge is 2.29. The van der Waals surface area contributed by atoms with Crippen molar-refractivity contribution in [3.05, 3.63) is 10.1 Å². The summed E-state index contributed by atoms with van der Waals surface area (Å²) in [6.07, 6.45) is 3.91. The molecule has 1 aliphatic heterocycles. The standard InChI is InChI=1S/C13H25N3O3/c1-13(2,3)11(9-16(17)18)8-14-15-7-5-6-12(15)10-19-4/h8,11-12H,5-7,9-10H2,1-4H3/b14-8+/t11-,12+/m1/s1. The lowest BCUT2D eigenvalue weighted by molar-refractivity contribution is -0.487. The molecular weight excluding hydrogens is 246 g/mol. The number of rotatable bonds is 6. The summed E-state index contributed by atoms with van der Waals surface area (Å²) in [5.41, 5.74) is -0.160. The van der Waals surface area contributed by atoms with Gasteiger partial charge in [-0.15, -0.1) is 0 Å². The molecule has 0 aromatic carbocycles. The lowest BCUT2D eigenvalue weighted by Crippen LogP contribution is -2.32. The lowest BCUT2D eigenvalue weighted by atomic mass is 9.81. The van der Waals surface area contributed by atoms with Gasteiger partial charge >= 0.3 is 0 Å². The van der Waals surface area contributed by atoms with Crippen LogP contribution in [-0.4, -0.2) is 49.0 Å². The minimum atomic E-state index is -0.265. The van der Waals surface area contributed by atoms with Crippen molar-refractivity contribution < 1.29 is 9.66 Å². The van der Waals surface area contributed by atoms with Gasteiger partial charge in [0.05, 0.1) is 18.6 Å². The summed E-state index contributed by atoms with van der Waals surface area (Å²) in [6, 6.07) is 0.303. The number of hydrazone groups is 1. The molecule has 1 heterocycles. The molecular formula is C13H25N3O3. The monoisotopic (exact) mass is 271 g/mol. The molecule has 0 N–H and O–H groups in total. The van der Waals surface area contributed by atoms with Crippen LogP contribution >= 0.6 is 0 Å². The van der Waals surface area contributed by atoms with Crippen LogP contribution in [0.4, 0.5) is 0 Å². The van der Waals surface area contributed by atoms with Crippen LogP contribution in [0.2, 0.25) is 0 Å². The predicted molar refractivity (Wildman–Crippen MR) is 74.9 cm³/mol. The van der Waals surface area contributed by atoms with Gasteiger partial charge in [-0.05, 0) is 18.3 Å². The van der Waals surface area contributed by atoms with E-state index in [0.29, 0.717) is 12.6 Å². The average molecular weight is 271 g/mol. The molecule has 1 saturated heterocycles. The molecule has 0 aromatic heterocycles. The highest BCUT2D eigenvalue weighted by atomic mass is 16.6. The normalized spacial score (nSPS) is 22.1. The molecule has 6 nitrogen and oxygen atoms in total. The van der Waals surface area contributed by atoms with Gasteiger partial charge in [-0.2, -0.15) is 5.10 Å². The first-order valence-electron chi connectivity index (χ1n) is 6.76. The molecule has 0 unspecified atom stereocenters. The van der Waals surface area contributed by atoms with E-state index in [-0.39, 0.29) is 22.8 Å². The molecule has 1 aliphatic rings. The van der Waals surface area contributed by atoms with Crippen molar-refractivity contribution in [2.75, 3.05) is 26.8 Å². The van der Waals surface area contributed by atoms with Gasteiger partial charge in [0.1, 0.15) is 0 Å². The number of nitrogens with zero attached hydrogens (tertiary/aromatic N) is 3. The third-order valence-electron chi connectivity index (χ3n) is 3.56. The van der Waals surface area contributed by atoms with Gasteiger partial charge in [-0.1, -0.05) is 20.8 Å². The summed E-state index contributed by atoms with van der Waals surface area (Å²) in [5, 5.41) is 17.2. The van der Waals surface area contributed by atoms with E-state index in [2.05, 4.69) is 5.10 Å². The summed E-state index contributed by atoms with van der Waals surface area (Å²) in [7, 11) is 1.69. The Morgan fingerprint density at radius 3 is 2.79 bits per heavy atom. The van der Waals surface area contributed by atoms with Gasteiger partial charge in [-0.3, -0.25) is 15.1 Å². The van der Waals surface area contributed by atoms with Crippen molar-refractivity contribution in [1.29, 1.82) is 0 Å². The van der Waals surface area contributed by atoms with Gasteiger partial charge in [0, 0.05) is 24.8 Å². The summed E-state index contributed by atoms with van der Waals surface area (Å²) in [6.45, 7) is 7.50. The van der Waals surface area contributed by atoms with Crippen LogP contribution < -0.4 is 0 Å². The second-order valence-corrected chi connectivity index (χ2v) is 6.17. The van der Waals surface area contributed by atoms with Crippen LogP contribution in [0.3, 0.4) is 0 Å². The van der Waals surface area contributed by atoms with Crippen molar-refractivity contribution in [1.82, 2.24) is 5.01 Å². The van der Waals surface area contributed by atoms with Crippen molar-refractivity contribution >= 4 is 6.21 Å². The second-order valence-electron chi connectivity index (χ2n) is 6.17. The van der Waals surface area contributed by atoms with E-state index in [1.54, 1.807) is 13.3 Å². The van der Waals surface area contributed by atoms with Crippen LogP contribution in [0.25, 0.3) is 0 Å². The minimum absolute atomic E-state index is 0.0736. The van der Waals surface area contributed by atoms with E-state index in [4.69, 9.17) is 4.74 Å². The summed E-state index contributed by atoms with van der Waals surface area (Å²) in [4.78, 5) is 10.5. The maximum atomic E-state index is 10.7. The Hall–Kier alpha value is -1.17. The Labute approximate surface area is 115 Å². The molecule has 0 bridgehead atoms. The van der Waals surface area contributed by atoms with Gasteiger partial charge in [-0.25, -0.2) is 0 Å². The van der Waals surface area contributed by atoms with Crippen molar-refractivity contribution in [2.45, 2.75) is 39.7 Å². The van der Waals surface area contributed by atoms with Crippen LogP contribution in [0.1, 0.15) is 33.6 Å². The third-order valence-corrected chi connectivity index (χ3v) is 3.56. The highest BCUT2D eigenvalue weighted by molar-refractivity contribution is 5.61. The predicted octanol–water partition coefficient (Wildman–Crippen LogP) is 2.02. The number of methoxy groups -OCH3 is 1. The fraction of sp³-hybridized carbons (Fsp3) is 0.923.